The molecule has 0 bridgehead atoms. The molecule has 96 valence electrons. The number of benzene rings is 1. The van der Waals surface area contributed by atoms with E-state index in [0.717, 1.165) is 9.86 Å². The Balaban J connectivity index is 2.46. The van der Waals surface area contributed by atoms with Gasteiger partial charge in [0.2, 0.25) is 10.0 Å². The first-order valence-corrected chi connectivity index (χ1v) is 8.10. The molecule has 1 aromatic heterocycles. The molecule has 2 aromatic rings. The first kappa shape index (κ1) is 13.6. The molecule has 0 unspecified atom stereocenters. The molecule has 2 rings (SSSR count). The second-order valence-electron chi connectivity index (χ2n) is 3.64. The van der Waals surface area contributed by atoms with Crippen molar-refractivity contribution in [1.29, 1.82) is 0 Å². The van der Waals surface area contributed by atoms with Gasteiger partial charge in [-0.3, -0.25) is 9.71 Å². The molecule has 1 heterocycles. The minimum atomic E-state index is -3.42. The van der Waals surface area contributed by atoms with Gasteiger partial charge in [-0.15, -0.1) is 11.6 Å². The minimum absolute atomic E-state index is 0.0546. The molecular weight excluding hydrogens is 340 g/mol. The van der Waals surface area contributed by atoms with Crippen molar-refractivity contribution in [3.8, 4) is 0 Å². The lowest BCUT2D eigenvalue weighted by atomic mass is 10.2. The number of fused-ring (bicyclic) bond motifs is 1. The number of halogens is 2. The topological polar surface area (TPSA) is 59.1 Å². The van der Waals surface area contributed by atoms with Crippen molar-refractivity contribution in [2.75, 3.05) is 16.4 Å². The van der Waals surface area contributed by atoms with Crippen LogP contribution in [0, 0.1) is 0 Å². The first-order valence-electron chi connectivity index (χ1n) is 5.12. The summed E-state index contributed by atoms with van der Waals surface area (Å²) >= 11 is 8.77. The largest absolute Gasteiger partial charge is 0.281 e. The number of hydrogen-bond acceptors (Lipinski definition) is 3. The van der Waals surface area contributed by atoms with Crippen molar-refractivity contribution < 1.29 is 8.42 Å². The van der Waals surface area contributed by atoms with E-state index in [0.29, 0.717) is 11.2 Å². The van der Waals surface area contributed by atoms with E-state index in [4.69, 9.17) is 11.6 Å². The lowest BCUT2D eigenvalue weighted by Crippen LogP contribution is -2.17. The fourth-order valence-electron chi connectivity index (χ4n) is 1.54. The summed E-state index contributed by atoms with van der Waals surface area (Å²) in [6, 6.07) is 7.19. The molecule has 0 aliphatic rings. The molecule has 0 amide bonds. The van der Waals surface area contributed by atoms with Crippen LogP contribution < -0.4 is 4.72 Å². The van der Waals surface area contributed by atoms with Crippen LogP contribution in [0.25, 0.3) is 10.9 Å². The highest BCUT2D eigenvalue weighted by Crippen LogP contribution is 2.24. The van der Waals surface area contributed by atoms with Gasteiger partial charge in [0, 0.05) is 21.9 Å². The Morgan fingerprint density at radius 3 is 2.89 bits per heavy atom. The average molecular weight is 350 g/mol. The Kier molecular flexibility index (Phi) is 4.09. The van der Waals surface area contributed by atoms with Crippen molar-refractivity contribution in [3.05, 3.63) is 34.9 Å². The van der Waals surface area contributed by atoms with Crippen LogP contribution in [0.5, 0.6) is 0 Å². The third kappa shape index (κ3) is 3.13. The van der Waals surface area contributed by atoms with Crippen LogP contribution in [0.2, 0.25) is 0 Å². The minimum Gasteiger partial charge on any atom is -0.281 e. The van der Waals surface area contributed by atoms with Gasteiger partial charge in [0.05, 0.1) is 17.0 Å². The zero-order chi connectivity index (χ0) is 13.2. The van der Waals surface area contributed by atoms with Gasteiger partial charge >= 0.3 is 0 Å². The summed E-state index contributed by atoms with van der Waals surface area (Å²) in [6.07, 6.45) is 1.63. The van der Waals surface area contributed by atoms with Crippen LogP contribution in [0.15, 0.2) is 34.9 Å². The molecule has 0 aliphatic carbocycles. The number of aromatic nitrogens is 1. The Bertz CT molecular complexity index is 676. The van der Waals surface area contributed by atoms with Gasteiger partial charge < -0.3 is 0 Å². The summed E-state index contributed by atoms with van der Waals surface area (Å²) < 4.78 is 26.7. The number of rotatable bonds is 4. The summed E-state index contributed by atoms with van der Waals surface area (Å²) in [5.74, 6) is -0.0689. The smallest absolute Gasteiger partial charge is 0.233 e. The molecule has 0 saturated carbocycles. The molecule has 4 nitrogen and oxygen atoms in total. The first-order chi connectivity index (χ1) is 8.52. The van der Waals surface area contributed by atoms with E-state index < -0.39 is 10.0 Å². The van der Waals surface area contributed by atoms with Gasteiger partial charge in [-0.2, -0.15) is 0 Å². The Hall–Kier alpha value is -0.850. The van der Waals surface area contributed by atoms with E-state index in [1.54, 1.807) is 18.3 Å². The lowest BCUT2D eigenvalue weighted by Gasteiger charge is -2.09. The Labute approximate surface area is 119 Å². The molecule has 1 aromatic carbocycles. The number of anilines is 1. The summed E-state index contributed by atoms with van der Waals surface area (Å²) in [6.45, 7) is 0. The van der Waals surface area contributed by atoms with E-state index in [9.17, 15) is 8.42 Å². The Morgan fingerprint density at radius 2 is 2.17 bits per heavy atom. The van der Waals surface area contributed by atoms with Gasteiger partial charge in [0.25, 0.3) is 0 Å². The molecule has 0 spiro atoms. The molecule has 0 radical (unpaired) electrons. The van der Waals surface area contributed by atoms with Crippen LogP contribution in [0.3, 0.4) is 0 Å². The number of para-hydroxylation sites is 1. The van der Waals surface area contributed by atoms with Crippen molar-refractivity contribution in [1.82, 2.24) is 4.98 Å². The van der Waals surface area contributed by atoms with Gasteiger partial charge in [-0.25, -0.2) is 8.42 Å². The Morgan fingerprint density at radius 1 is 1.39 bits per heavy atom. The quantitative estimate of drug-likeness (QED) is 0.863. The normalized spacial score (nSPS) is 11.7. The van der Waals surface area contributed by atoms with Crippen LogP contribution in [0.4, 0.5) is 5.69 Å². The fourth-order valence-corrected chi connectivity index (χ4v) is 3.30. The van der Waals surface area contributed by atoms with Crippen LogP contribution in [-0.4, -0.2) is 25.0 Å². The number of hydrogen-bond donors (Lipinski definition) is 1. The zero-order valence-corrected chi connectivity index (χ0v) is 12.4. The van der Waals surface area contributed by atoms with E-state index in [1.807, 2.05) is 12.1 Å². The van der Waals surface area contributed by atoms with E-state index in [2.05, 4.69) is 25.6 Å². The van der Waals surface area contributed by atoms with Crippen molar-refractivity contribution in [2.45, 2.75) is 0 Å². The monoisotopic (exact) mass is 348 g/mol. The zero-order valence-electron chi connectivity index (χ0n) is 9.23. The van der Waals surface area contributed by atoms with Crippen LogP contribution in [-0.2, 0) is 10.0 Å². The average Bonchev–Trinajstić information content (AvgIpc) is 2.28. The molecule has 1 N–H and O–H groups in total. The van der Waals surface area contributed by atoms with Gasteiger partial charge in [0.15, 0.2) is 0 Å². The number of pyridine rings is 1. The molecule has 7 heteroatoms. The van der Waals surface area contributed by atoms with E-state index in [-0.39, 0.29) is 11.6 Å². The highest BCUT2D eigenvalue weighted by atomic mass is 79.9. The predicted octanol–water partition coefficient (Wildman–Crippen LogP) is 2.98. The summed E-state index contributed by atoms with van der Waals surface area (Å²) in [5.41, 5.74) is 1.07. The molecule has 0 atom stereocenters. The maximum absolute atomic E-state index is 11.7. The third-order valence-electron chi connectivity index (χ3n) is 2.29. The fraction of sp³-hybridized carbons (Fsp3) is 0.182. The second kappa shape index (κ2) is 5.42. The molecule has 0 fully saturated rings. The second-order valence-corrected chi connectivity index (χ2v) is 6.78. The number of alkyl halides is 1. The summed E-state index contributed by atoms with van der Waals surface area (Å²) in [7, 11) is -3.42. The molecule has 0 aliphatic heterocycles. The third-order valence-corrected chi connectivity index (χ3v) is 4.41. The van der Waals surface area contributed by atoms with Crippen LogP contribution in [0.1, 0.15) is 0 Å². The van der Waals surface area contributed by atoms with Gasteiger partial charge in [-0.1, -0.05) is 12.1 Å². The molecule has 18 heavy (non-hydrogen) atoms. The molecular formula is C11H10BrClN2O2S. The highest BCUT2D eigenvalue weighted by molar-refractivity contribution is 9.10. The number of sulfonamides is 1. The van der Waals surface area contributed by atoms with Crippen LogP contribution >= 0.6 is 27.5 Å². The van der Waals surface area contributed by atoms with Gasteiger partial charge in [0.1, 0.15) is 0 Å². The number of nitrogens with one attached hydrogen (secondary N) is 1. The predicted molar refractivity (Wildman–Crippen MR) is 77.6 cm³/mol. The highest BCUT2D eigenvalue weighted by Gasteiger charge is 2.12. The maximum Gasteiger partial charge on any atom is 0.233 e. The lowest BCUT2D eigenvalue weighted by molar-refractivity contribution is 0.602. The van der Waals surface area contributed by atoms with E-state index in [1.165, 1.54) is 0 Å². The van der Waals surface area contributed by atoms with Crippen molar-refractivity contribution in [3.63, 3.8) is 0 Å². The van der Waals surface area contributed by atoms with E-state index >= 15 is 0 Å². The van der Waals surface area contributed by atoms with Gasteiger partial charge in [-0.05, 0) is 28.1 Å². The summed E-state index contributed by atoms with van der Waals surface area (Å²) in [4.78, 5) is 4.22. The van der Waals surface area contributed by atoms with Crippen molar-refractivity contribution >= 4 is 54.1 Å². The maximum atomic E-state index is 11.7. The van der Waals surface area contributed by atoms with Crippen molar-refractivity contribution in [2.24, 2.45) is 0 Å². The number of nitrogens with zero attached hydrogens (tertiary/aromatic N) is 1. The summed E-state index contributed by atoms with van der Waals surface area (Å²) in [5, 5.41) is 0.857. The standard InChI is InChI=1S/C11H10BrClN2O2S/c12-9-6-8-2-1-3-10(11(8)14-7-9)15-18(16,17)5-4-13/h1-3,6-7,15H,4-5H2. The SMILES string of the molecule is O=S(=O)(CCCl)Nc1cccc2cc(Br)cnc12. The molecule has 0 saturated heterocycles.